The van der Waals surface area contributed by atoms with Crippen LogP contribution < -0.4 is 5.32 Å². The largest absolute Gasteiger partial charge is 0.469 e. The molecule has 0 saturated carbocycles. The average Bonchev–Trinajstić information content (AvgIpc) is 3.34. The maximum Gasteiger partial charge on any atom is 0.311 e. The van der Waals surface area contributed by atoms with E-state index in [9.17, 15) is 9.59 Å². The van der Waals surface area contributed by atoms with Crippen molar-refractivity contribution in [2.45, 2.75) is 6.42 Å². The van der Waals surface area contributed by atoms with Gasteiger partial charge in [-0.05, 0) is 18.2 Å². The lowest BCUT2D eigenvalue weighted by Crippen LogP contribution is -2.12. The van der Waals surface area contributed by atoms with Crippen LogP contribution in [0.5, 0.6) is 0 Å². The van der Waals surface area contributed by atoms with Crippen LogP contribution in [-0.2, 0) is 16.0 Å². The molecule has 172 valence electrons. The van der Waals surface area contributed by atoms with Gasteiger partial charge in [-0.2, -0.15) is 0 Å². The molecule has 0 fully saturated rings. The average molecular weight is 481 g/mol. The Morgan fingerprint density at radius 2 is 1.46 bits per heavy atom. The van der Waals surface area contributed by atoms with E-state index in [0.717, 1.165) is 22.5 Å². The van der Waals surface area contributed by atoms with E-state index < -0.39 is 0 Å². The third-order valence-corrected chi connectivity index (χ3v) is 6.15. The summed E-state index contributed by atoms with van der Waals surface area (Å²) in [5.74, 6) is -0.702. The third kappa shape index (κ3) is 4.92. The van der Waals surface area contributed by atoms with Crippen LogP contribution in [-0.4, -0.2) is 33.9 Å². The van der Waals surface area contributed by atoms with Crippen LogP contribution in [0.1, 0.15) is 16.1 Å². The van der Waals surface area contributed by atoms with Gasteiger partial charge in [0.1, 0.15) is 0 Å². The summed E-state index contributed by atoms with van der Waals surface area (Å²) >= 11 is 1.25. The Hall–Kier alpha value is -4.43. The fraction of sp³-hybridized carbons (Fsp3) is 0.0741. The van der Waals surface area contributed by atoms with E-state index in [1.54, 1.807) is 23.6 Å². The summed E-state index contributed by atoms with van der Waals surface area (Å²) in [7, 11) is 1.33. The number of anilines is 1. The Bertz CT molecular complexity index is 1520. The first-order valence-corrected chi connectivity index (χ1v) is 11.7. The summed E-state index contributed by atoms with van der Waals surface area (Å²) < 4.78 is 4.66. The van der Waals surface area contributed by atoms with Crippen molar-refractivity contribution in [2.75, 3.05) is 12.4 Å². The van der Waals surface area contributed by atoms with Gasteiger partial charge in [-0.3, -0.25) is 14.9 Å². The van der Waals surface area contributed by atoms with Crippen molar-refractivity contribution < 1.29 is 14.3 Å². The molecule has 7 nitrogen and oxygen atoms in total. The lowest BCUT2D eigenvalue weighted by Gasteiger charge is -2.11. The highest BCUT2D eigenvalue weighted by Gasteiger charge is 2.16. The van der Waals surface area contributed by atoms with Crippen LogP contribution in [0.2, 0.25) is 0 Å². The van der Waals surface area contributed by atoms with Crippen molar-refractivity contribution >= 4 is 39.4 Å². The van der Waals surface area contributed by atoms with Crippen LogP contribution in [0.3, 0.4) is 0 Å². The Kier molecular flexibility index (Phi) is 6.28. The quantitative estimate of drug-likeness (QED) is 0.328. The molecule has 5 rings (SSSR count). The summed E-state index contributed by atoms with van der Waals surface area (Å²) in [5.41, 5.74) is 5.71. The number of rotatable bonds is 6. The number of thiazole rings is 1. The van der Waals surface area contributed by atoms with Crippen LogP contribution in [0, 0.1) is 0 Å². The number of carbonyl (C=O) groups is 2. The maximum absolute atomic E-state index is 12.9. The van der Waals surface area contributed by atoms with Gasteiger partial charge in [-0.1, -0.05) is 60.7 Å². The number of nitrogens with one attached hydrogen (secondary N) is 1. The summed E-state index contributed by atoms with van der Waals surface area (Å²) in [5, 5.41) is 4.91. The van der Waals surface area contributed by atoms with Gasteiger partial charge in [-0.25, -0.2) is 15.0 Å². The first-order valence-electron chi connectivity index (χ1n) is 10.9. The molecule has 0 aliphatic heterocycles. The number of aromatic nitrogens is 3. The maximum atomic E-state index is 12.9. The zero-order valence-electron chi connectivity index (χ0n) is 18.8. The van der Waals surface area contributed by atoms with Gasteiger partial charge in [0.05, 0.1) is 41.6 Å². The Morgan fingerprint density at radius 1 is 0.829 bits per heavy atom. The molecule has 0 unspecified atom stereocenters. The monoisotopic (exact) mass is 480 g/mol. The van der Waals surface area contributed by atoms with Crippen LogP contribution in [0.25, 0.3) is 33.5 Å². The summed E-state index contributed by atoms with van der Waals surface area (Å²) in [6.07, 6.45) is 0.0560. The molecule has 0 aliphatic carbocycles. The molecule has 1 amide bonds. The molecule has 5 aromatic rings. The second-order valence-electron chi connectivity index (χ2n) is 7.71. The highest BCUT2D eigenvalue weighted by Crippen LogP contribution is 2.31. The minimum atomic E-state index is -0.384. The summed E-state index contributed by atoms with van der Waals surface area (Å²) in [6, 6.07) is 25.0. The number of esters is 1. The highest BCUT2D eigenvalue weighted by atomic mass is 32.1. The number of ether oxygens (including phenoxy) is 1. The van der Waals surface area contributed by atoms with Crippen LogP contribution >= 0.6 is 11.3 Å². The molecule has 0 radical (unpaired) electrons. The summed E-state index contributed by atoms with van der Waals surface area (Å²) in [4.78, 5) is 38.4. The van der Waals surface area contributed by atoms with Gasteiger partial charge in [0, 0.05) is 22.1 Å². The first-order chi connectivity index (χ1) is 17.1. The van der Waals surface area contributed by atoms with Crippen molar-refractivity contribution in [1.82, 2.24) is 15.0 Å². The van der Waals surface area contributed by atoms with Gasteiger partial charge in [-0.15, -0.1) is 11.3 Å². The van der Waals surface area contributed by atoms with Gasteiger partial charge in [0.2, 0.25) is 0 Å². The van der Waals surface area contributed by atoms with Gasteiger partial charge < -0.3 is 4.74 Å². The number of carbonyl (C=O) groups excluding carboxylic acids is 2. The molecule has 3 aromatic carbocycles. The Balaban J connectivity index is 1.49. The van der Waals surface area contributed by atoms with Gasteiger partial charge in [0.15, 0.2) is 5.13 Å². The molecule has 2 heterocycles. The molecule has 8 heteroatoms. The molecule has 0 saturated heterocycles. The smallest absolute Gasteiger partial charge is 0.311 e. The van der Waals surface area contributed by atoms with Crippen LogP contribution in [0.4, 0.5) is 5.13 Å². The zero-order chi connectivity index (χ0) is 24.2. The number of methoxy groups -OCH3 is 1. The van der Waals surface area contributed by atoms with E-state index in [0.29, 0.717) is 27.4 Å². The van der Waals surface area contributed by atoms with E-state index in [4.69, 9.17) is 9.97 Å². The lowest BCUT2D eigenvalue weighted by atomic mass is 10.0. The second-order valence-corrected chi connectivity index (χ2v) is 8.57. The molecular formula is C27H20N4O3S. The Morgan fingerprint density at radius 3 is 2.09 bits per heavy atom. The second kappa shape index (κ2) is 9.82. The third-order valence-electron chi connectivity index (χ3n) is 5.35. The normalized spacial score (nSPS) is 10.8. The van der Waals surface area contributed by atoms with E-state index in [-0.39, 0.29) is 18.3 Å². The summed E-state index contributed by atoms with van der Waals surface area (Å²) in [6.45, 7) is 0. The molecule has 0 spiro atoms. The van der Waals surface area contributed by atoms with Gasteiger partial charge in [0.25, 0.3) is 5.91 Å². The van der Waals surface area contributed by atoms with E-state index >= 15 is 0 Å². The number of benzene rings is 3. The van der Waals surface area contributed by atoms with Crippen LogP contribution in [0.15, 0.2) is 84.2 Å². The van der Waals surface area contributed by atoms with E-state index in [1.807, 2.05) is 60.7 Å². The predicted octanol–water partition coefficient (Wildman–Crippen LogP) is 5.39. The lowest BCUT2D eigenvalue weighted by molar-refractivity contribution is -0.139. The molecular weight excluding hydrogens is 460 g/mol. The number of amides is 1. The number of nitrogens with zero attached hydrogens (tertiary/aromatic N) is 3. The first kappa shape index (κ1) is 22.4. The molecule has 1 N–H and O–H groups in total. The predicted molar refractivity (Wildman–Crippen MR) is 136 cm³/mol. The fourth-order valence-electron chi connectivity index (χ4n) is 3.63. The zero-order valence-corrected chi connectivity index (χ0v) is 19.6. The van der Waals surface area contributed by atoms with Crippen molar-refractivity contribution in [3.05, 3.63) is 95.5 Å². The standard InChI is InChI=1S/C27H20N4O3S/c1-34-23(32)15-20-16-35-27(28-20)31-26(33)19-12-13-21-22(14-19)30-25(18-10-6-3-7-11-18)24(29-21)17-8-4-2-5-9-17/h2-14,16H,15H2,1H3,(H,28,31,33). The highest BCUT2D eigenvalue weighted by molar-refractivity contribution is 7.14. The number of fused-ring (bicyclic) bond motifs is 1. The van der Waals surface area contributed by atoms with Crippen molar-refractivity contribution in [1.29, 1.82) is 0 Å². The molecule has 0 aliphatic rings. The minimum Gasteiger partial charge on any atom is -0.469 e. The Labute approximate surface area is 205 Å². The minimum absolute atomic E-state index is 0.0560. The molecule has 0 atom stereocenters. The molecule has 0 bridgehead atoms. The van der Waals surface area contributed by atoms with Crippen molar-refractivity contribution in [3.8, 4) is 22.5 Å². The topological polar surface area (TPSA) is 94.1 Å². The molecule has 35 heavy (non-hydrogen) atoms. The fourth-order valence-corrected chi connectivity index (χ4v) is 4.33. The van der Waals surface area contributed by atoms with E-state index in [2.05, 4.69) is 15.0 Å². The number of hydrogen-bond acceptors (Lipinski definition) is 7. The number of hydrogen-bond donors (Lipinski definition) is 1. The SMILES string of the molecule is COC(=O)Cc1csc(NC(=O)c2ccc3nc(-c4ccccc4)c(-c4ccccc4)nc3c2)n1. The van der Waals surface area contributed by atoms with Crippen molar-refractivity contribution in [3.63, 3.8) is 0 Å². The van der Waals surface area contributed by atoms with E-state index in [1.165, 1.54) is 18.4 Å². The van der Waals surface area contributed by atoms with Gasteiger partial charge >= 0.3 is 5.97 Å². The van der Waals surface area contributed by atoms with Crippen molar-refractivity contribution in [2.24, 2.45) is 0 Å². The molecule has 2 aromatic heterocycles.